The van der Waals surface area contributed by atoms with Crippen LogP contribution in [0.2, 0.25) is 0 Å². The van der Waals surface area contributed by atoms with Gasteiger partial charge in [0, 0.05) is 17.3 Å². The second-order valence-corrected chi connectivity index (χ2v) is 3.65. The molecule has 1 aromatic carbocycles. The molecule has 88 valence electrons. The Morgan fingerprint density at radius 1 is 1.47 bits per heavy atom. The van der Waals surface area contributed by atoms with Crippen LogP contribution in [0.1, 0.15) is 15.9 Å². The fourth-order valence-corrected chi connectivity index (χ4v) is 1.66. The van der Waals surface area contributed by atoms with Gasteiger partial charge in [-0.1, -0.05) is 0 Å². The maximum Gasteiger partial charge on any atom is 0.319 e. The molecule has 1 N–H and O–H groups in total. The summed E-state index contributed by atoms with van der Waals surface area (Å²) in [5.74, 6) is -5.86. The molecule has 0 saturated carbocycles. The van der Waals surface area contributed by atoms with Crippen LogP contribution in [0.4, 0.5) is 14.5 Å². The third-order valence-corrected chi connectivity index (χ3v) is 2.59. The smallest absolute Gasteiger partial charge is 0.319 e. The fourth-order valence-electron chi connectivity index (χ4n) is 1.66. The van der Waals surface area contributed by atoms with Crippen molar-refractivity contribution in [1.82, 2.24) is 0 Å². The van der Waals surface area contributed by atoms with Gasteiger partial charge < -0.3 is 5.11 Å². The molecule has 0 saturated heterocycles. The molecule has 0 bridgehead atoms. The zero-order valence-electron chi connectivity index (χ0n) is 8.70. The van der Waals surface area contributed by atoms with Crippen molar-refractivity contribution in [3.8, 4) is 0 Å². The Hall–Kier alpha value is -2.11. The molecule has 1 heterocycles. The van der Waals surface area contributed by atoms with E-state index < -0.39 is 29.3 Å². The van der Waals surface area contributed by atoms with Crippen LogP contribution in [0.5, 0.6) is 0 Å². The number of fused-ring (bicyclic) bond motifs is 1. The zero-order valence-corrected chi connectivity index (χ0v) is 8.70. The summed E-state index contributed by atoms with van der Waals surface area (Å²) in [7, 11) is 0. The van der Waals surface area contributed by atoms with Gasteiger partial charge in [0.25, 0.3) is 0 Å². The van der Waals surface area contributed by atoms with Gasteiger partial charge in [0.15, 0.2) is 23.3 Å². The minimum atomic E-state index is -1.44. The molecule has 4 nitrogen and oxygen atoms in total. The lowest BCUT2D eigenvalue weighted by Crippen LogP contribution is -2.28. The van der Waals surface area contributed by atoms with Gasteiger partial charge in [-0.05, 0) is 13.0 Å². The number of rotatable bonds is 1. The number of aliphatic imine (C=N–C) groups is 1. The molecule has 0 amide bonds. The van der Waals surface area contributed by atoms with Gasteiger partial charge in [-0.3, -0.25) is 14.6 Å². The van der Waals surface area contributed by atoms with Gasteiger partial charge in [0.1, 0.15) is 0 Å². The molecule has 2 rings (SSSR count). The molecular formula is C11H7F2NO3. The summed E-state index contributed by atoms with van der Waals surface area (Å²) in [4.78, 5) is 26.2. The van der Waals surface area contributed by atoms with E-state index in [-0.39, 0.29) is 16.8 Å². The van der Waals surface area contributed by atoms with Gasteiger partial charge in [-0.25, -0.2) is 8.78 Å². The summed E-state index contributed by atoms with van der Waals surface area (Å²) in [6, 6.07) is 0.687. The number of benzene rings is 1. The molecule has 0 radical (unpaired) electrons. The molecule has 0 aliphatic carbocycles. The summed E-state index contributed by atoms with van der Waals surface area (Å²) in [5.41, 5.74) is -0.309. The van der Waals surface area contributed by atoms with Crippen molar-refractivity contribution in [3.05, 3.63) is 28.8 Å². The number of nitrogens with zero attached hydrogens (tertiary/aromatic N) is 1. The summed E-state index contributed by atoms with van der Waals surface area (Å²) in [6.07, 6.45) is 0.928. The Bertz CT molecular complexity index is 566. The second-order valence-electron chi connectivity index (χ2n) is 3.65. The van der Waals surface area contributed by atoms with Gasteiger partial charge in [-0.2, -0.15) is 0 Å². The third kappa shape index (κ3) is 1.61. The number of halogens is 2. The predicted molar refractivity (Wildman–Crippen MR) is 54.7 cm³/mol. The van der Waals surface area contributed by atoms with Gasteiger partial charge in [-0.15, -0.1) is 0 Å². The monoisotopic (exact) mass is 239 g/mol. The van der Waals surface area contributed by atoms with Crippen molar-refractivity contribution in [2.75, 3.05) is 0 Å². The summed E-state index contributed by atoms with van der Waals surface area (Å²) >= 11 is 0. The Kier molecular flexibility index (Phi) is 2.49. The number of hydrogen-bond donors (Lipinski definition) is 1. The Labute approximate surface area is 94.6 Å². The first-order chi connectivity index (χ1) is 7.93. The highest BCUT2D eigenvalue weighted by Crippen LogP contribution is 2.32. The zero-order chi connectivity index (χ0) is 12.7. The largest absolute Gasteiger partial charge is 0.480 e. The molecule has 1 aliphatic heterocycles. The van der Waals surface area contributed by atoms with E-state index in [2.05, 4.69) is 4.99 Å². The van der Waals surface area contributed by atoms with E-state index >= 15 is 0 Å². The molecule has 1 unspecified atom stereocenters. The maximum atomic E-state index is 13.2. The van der Waals surface area contributed by atoms with Crippen molar-refractivity contribution in [1.29, 1.82) is 0 Å². The van der Waals surface area contributed by atoms with Crippen molar-refractivity contribution < 1.29 is 23.5 Å². The van der Waals surface area contributed by atoms with Crippen molar-refractivity contribution in [2.45, 2.75) is 6.92 Å². The first-order valence-corrected chi connectivity index (χ1v) is 4.73. The van der Waals surface area contributed by atoms with Crippen LogP contribution in [0.25, 0.3) is 0 Å². The molecule has 17 heavy (non-hydrogen) atoms. The van der Waals surface area contributed by atoms with Crippen LogP contribution in [-0.2, 0) is 4.79 Å². The van der Waals surface area contributed by atoms with E-state index in [1.807, 2.05) is 0 Å². The number of Topliss-reactive ketones (excluding diaryl/α,β-unsaturated/α-hetero) is 1. The molecule has 6 heteroatoms. The number of carbonyl (C=O) groups is 2. The quantitative estimate of drug-likeness (QED) is 0.761. The molecule has 1 aromatic rings. The topological polar surface area (TPSA) is 66.7 Å². The van der Waals surface area contributed by atoms with E-state index in [0.29, 0.717) is 6.07 Å². The number of ketones is 1. The second kappa shape index (κ2) is 3.73. The summed E-state index contributed by atoms with van der Waals surface area (Å²) in [5, 5.41) is 8.75. The standard InChI is InChI=1S/C11H7F2NO3/c1-4-8(13)7(12)2-5-9(4)14-3-6(10(5)15)11(16)17/h2-3,6H,1H3,(H,16,17). The summed E-state index contributed by atoms with van der Waals surface area (Å²) in [6.45, 7) is 1.28. The molecule has 1 atom stereocenters. The fraction of sp³-hybridized carbons (Fsp3) is 0.182. The van der Waals surface area contributed by atoms with E-state index in [4.69, 9.17) is 5.11 Å². The van der Waals surface area contributed by atoms with E-state index in [9.17, 15) is 18.4 Å². The lowest BCUT2D eigenvalue weighted by Gasteiger charge is -2.16. The lowest BCUT2D eigenvalue weighted by molar-refractivity contribution is -0.137. The van der Waals surface area contributed by atoms with Gasteiger partial charge in [0.2, 0.25) is 0 Å². The van der Waals surface area contributed by atoms with Crippen molar-refractivity contribution in [3.63, 3.8) is 0 Å². The average molecular weight is 239 g/mol. The van der Waals surface area contributed by atoms with Crippen molar-refractivity contribution in [2.24, 2.45) is 10.9 Å². The number of hydrogen-bond acceptors (Lipinski definition) is 3. The van der Waals surface area contributed by atoms with Gasteiger partial charge in [0.05, 0.1) is 5.69 Å². The first kappa shape index (κ1) is 11.4. The van der Waals surface area contributed by atoms with Crippen LogP contribution >= 0.6 is 0 Å². The highest BCUT2D eigenvalue weighted by atomic mass is 19.2. The van der Waals surface area contributed by atoms with E-state index in [1.165, 1.54) is 6.92 Å². The molecule has 0 spiro atoms. The summed E-state index contributed by atoms with van der Waals surface area (Å²) < 4.78 is 26.4. The highest BCUT2D eigenvalue weighted by Gasteiger charge is 2.32. The number of carbonyl (C=O) groups excluding carboxylic acids is 1. The number of carboxylic acids is 1. The molecular weight excluding hydrogens is 232 g/mol. The Morgan fingerprint density at radius 3 is 2.71 bits per heavy atom. The van der Waals surface area contributed by atoms with Crippen LogP contribution < -0.4 is 0 Å². The molecule has 0 fully saturated rings. The maximum absolute atomic E-state index is 13.2. The lowest BCUT2D eigenvalue weighted by atomic mass is 9.92. The first-order valence-electron chi connectivity index (χ1n) is 4.73. The molecule has 1 aliphatic rings. The highest BCUT2D eigenvalue weighted by molar-refractivity contribution is 6.22. The number of carboxylic acid groups (broad SMARTS) is 1. The number of aliphatic carboxylic acids is 1. The van der Waals surface area contributed by atoms with Crippen LogP contribution in [0, 0.1) is 24.5 Å². The predicted octanol–water partition coefficient (Wildman–Crippen LogP) is 1.87. The Morgan fingerprint density at radius 2 is 2.12 bits per heavy atom. The average Bonchev–Trinajstić information content (AvgIpc) is 2.27. The normalized spacial score (nSPS) is 18.1. The Balaban J connectivity index is 2.66. The van der Waals surface area contributed by atoms with E-state index in [1.54, 1.807) is 0 Å². The van der Waals surface area contributed by atoms with Crippen molar-refractivity contribution >= 4 is 23.7 Å². The third-order valence-electron chi connectivity index (χ3n) is 2.59. The van der Waals surface area contributed by atoms with Crippen LogP contribution in [-0.4, -0.2) is 23.1 Å². The minimum Gasteiger partial charge on any atom is -0.480 e. The van der Waals surface area contributed by atoms with Gasteiger partial charge >= 0.3 is 5.97 Å². The van der Waals surface area contributed by atoms with Crippen LogP contribution in [0.3, 0.4) is 0 Å². The SMILES string of the molecule is Cc1c(F)c(F)cc2c1N=CC(C(=O)O)C2=O. The molecule has 0 aromatic heterocycles. The van der Waals surface area contributed by atoms with E-state index in [0.717, 1.165) is 6.21 Å². The minimum absolute atomic E-state index is 0.00796. The van der Waals surface area contributed by atoms with Crippen LogP contribution in [0.15, 0.2) is 11.1 Å².